The highest BCUT2D eigenvalue weighted by atomic mass is 35.5. The summed E-state index contributed by atoms with van der Waals surface area (Å²) in [5.41, 5.74) is 1.42. The molecule has 0 aliphatic carbocycles. The van der Waals surface area contributed by atoms with Gasteiger partial charge in [-0.1, -0.05) is 18.5 Å². The number of rotatable bonds is 4. The fourth-order valence-corrected chi connectivity index (χ4v) is 4.17. The first-order chi connectivity index (χ1) is 12.8. The molecule has 6 nitrogen and oxygen atoms in total. The number of ether oxygens (including phenoxy) is 1. The number of thiophene rings is 1. The zero-order chi connectivity index (χ0) is 19.7. The number of fused-ring (bicyclic) bond motifs is 1. The lowest BCUT2D eigenvalue weighted by atomic mass is 10.1. The van der Waals surface area contributed by atoms with Gasteiger partial charge in [0, 0.05) is 15.3 Å². The second-order valence-electron chi connectivity index (χ2n) is 5.81. The van der Waals surface area contributed by atoms with Gasteiger partial charge in [0.25, 0.3) is 5.91 Å². The van der Waals surface area contributed by atoms with Gasteiger partial charge in [-0.05, 0) is 43.2 Å². The van der Waals surface area contributed by atoms with Crippen LogP contribution in [-0.4, -0.2) is 19.0 Å². The van der Waals surface area contributed by atoms with E-state index in [4.69, 9.17) is 26.2 Å². The zero-order valence-electron chi connectivity index (χ0n) is 14.9. The van der Waals surface area contributed by atoms with Gasteiger partial charge in [0.05, 0.1) is 12.7 Å². The van der Waals surface area contributed by atoms with Crippen molar-refractivity contribution in [3.8, 4) is 0 Å². The summed E-state index contributed by atoms with van der Waals surface area (Å²) >= 11 is 7.29. The minimum atomic E-state index is -0.542. The monoisotopic (exact) mass is 404 g/mol. The summed E-state index contributed by atoms with van der Waals surface area (Å²) < 4.78 is 10.3. The Hall–Kier alpha value is -2.64. The molecular formula is C19H17ClN2O4S. The summed E-state index contributed by atoms with van der Waals surface area (Å²) in [7, 11) is 1.30. The maximum absolute atomic E-state index is 12.8. The molecule has 1 aromatic carbocycles. The maximum Gasteiger partial charge on any atom is 0.341 e. The van der Waals surface area contributed by atoms with Gasteiger partial charge >= 0.3 is 5.97 Å². The molecule has 140 valence electrons. The third-order valence-electron chi connectivity index (χ3n) is 4.15. The molecule has 0 spiro atoms. The molecule has 0 unspecified atom stereocenters. The lowest BCUT2D eigenvalue weighted by molar-refractivity contribution is 0.0601. The molecule has 0 aliphatic rings. The molecule has 0 atom stereocenters. The van der Waals surface area contributed by atoms with E-state index in [0.29, 0.717) is 33.0 Å². The first kappa shape index (κ1) is 19.1. The fraction of sp³-hybridized carbons (Fsp3) is 0.211. The van der Waals surface area contributed by atoms with Crippen molar-refractivity contribution in [3.63, 3.8) is 0 Å². The van der Waals surface area contributed by atoms with E-state index in [2.05, 4.69) is 5.32 Å². The molecule has 0 saturated heterocycles. The van der Waals surface area contributed by atoms with Gasteiger partial charge in [0.15, 0.2) is 0 Å². The van der Waals surface area contributed by atoms with Crippen LogP contribution in [0.1, 0.15) is 38.1 Å². The van der Waals surface area contributed by atoms with Crippen LogP contribution in [0.25, 0.3) is 11.0 Å². The van der Waals surface area contributed by atoms with E-state index >= 15 is 0 Å². The van der Waals surface area contributed by atoms with Crippen molar-refractivity contribution in [2.45, 2.75) is 20.3 Å². The Bertz CT molecular complexity index is 1120. The van der Waals surface area contributed by atoms with E-state index in [1.165, 1.54) is 18.4 Å². The van der Waals surface area contributed by atoms with Crippen molar-refractivity contribution >= 4 is 50.8 Å². The molecule has 8 heteroatoms. The Kier molecular flexibility index (Phi) is 5.34. The van der Waals surface area contributed by atoms with Crippen molar-refractivity contribution in [2.24, 2.45) is 0 Å². The molecule has 0 radical (unpaired) electrons. The molecular weight excluding hydrogens is 388 g/mol. The molecule has 3 rings (SSSR count). The van der Waals surface area contributed by atoms with E-state index in [1.807, 2.05) is 13.8 Å². The second kappa shape index (κ2) is 7.54. The molecule has 2 heterocycles. The maximum atomic E-state index is 12.8. The van der Waals surface area contributed by atoms with Gasteiger partial charge in [-0.25, -0.2) is 4.79 Å². The van der Waals surface area contributed by atoms with Crippen LogP contribution in [0.2, 0.25) is 5.02 Å². The van der Waals surface area contributed by atoms with Crippen LogP contribution in [0.5, 0.6) is 0 Å². The number of methoxy groups -OCH3 is 1. The molecule has 2 N–H and O–H groups in total. The van der Waals surface area contributed by atoms with Crippen LogP contribution in [0.4, 0.5) is 5.00 Å². The Morgan fingerprint density at radius 1 is 1.33 bits per heavy atom. The van der Waals surface area contributed by atoms with Crippen LogP contribution in [0.15, 0.2) is 28.7 Å². The van der Waals surface area contributed by atoms with Crippen molar-refractivity contribution < 1.29 is 18.7 Å². The summed E-state index contributed by atoms with van der Waals surface area (Å²) in [6.45, 7) is 3.82. The van der Waals surface area contributed by atoms with E-state index in [1.54, 1.807) is 24.3 Å². The third-order valence-corrected chi connectivity index (χ3v) is 5.45. The smallest absolute Gasteiger partial charge is 0.341 e. The third kappa shape index (κ3) is 3.61. The minimum Gasteiger partial charge on any atom is -0.465 e. The summed E-state index contributed by atoms with van der Waals surface area (Å²) in [6, 6.07) is 6.49. The summed E-state index contributed by atoms with van der Waals surface area (Å²) in [6.07, 6.45) is 0.635. The predicted molar refractivity (Wildman–Crippen MR) is 105 cm³/mol. The highest BCUT2D eigenvalue weighted by Crippen LogP contribution is 2.34. The molecule has 2 aromatic heterocycles. The van der Waals surface area contributed by atoms with Gasteiger partial charge in [0.1, 0.15) is 16.1 Å². The van der Waals surface area contributed by atoms with Crippen LogP contribution in [-0.2, 0) is 11.2 Å². The summed E-state index contributed by atoms with van der Waals surface area (Å²) in [4.78, 5) is 25.9. The van der Waals surface area contributed by atoms with Gasteiger partial charge < -0.3 is 14.5 Å². The average Bonchev–Trinajstić information content (AvgIpc) is 2.95. The van der Waals surface area contributed by atoms with Crippen molar-refractivity contribution in [2.75, 3.05) is 12.4 Å². The van der Waals surface area contributed by atoms with Crippen molar-refractivity contribution in [1.29, 1.82) is 5.41 Å². The largest absolute Gasteiger partial charge is 0.465 e. The number of esters is 1. The number of anilines is 1. The number of carbonyl (C=O) groups excluding carboxylic acids is 2. The highest BCUT2D eigenvalue weighted by Gasteiger charge is 2.24. The highest BCUT2D eigenvalue weighted by molar-refractivity contribution is 7.16. The van der Waals surface area contributed by atoms with Crippen LogP contribution in [0.3, 0.4) is 0 Å². The standard InChI is InChI=1S/C19H17ClN2O4S/c1-4-12-9(2)27-18(15(12)19(24)25-3)22-17(23)13-8-10-7-11(20)5-6-14(10)26-16(13)21/h5-8,21H,4H2,1-3H3,(H,22,23). The number of aryl methyl sites for hydroxylation is 1. The van der Waals surface area contributed by atoms with Crippen molar-refractivity contribution in [1.82, 2.24) is 0 Å². The Balaban J connectivity index is 2.03. The van der Waals surface area contributed by atoms with Crippen molar-refractivity contribution in [3.05, 3.63) is 56.4 Å². The Morgan fingerprint density at radius 3 is 2.74 bits per heavy atom. The number of hydrogen-bond donors (Lipinski definition) is 2. The summed E-state index contributed by atoms with van der Waals surface area (Å²) in [5.74, 6) is -1.05. The molecule has 27 heavy (non-hydrogen) atoms. The number of benzene rings is 1. The molecule has 1 amide bonds. The SMILES string of the molecule is CCc1c(C)sc(NC(=O)c2cc3cc(Cl)ccc3oc2=N)c1C(=O)OC. The Morgan fingerprint density at radius 2 is 2.07 bits per heavy atom. The average molecular weight is 405 g/mol. The first-order valence-corrected chi connectivity index (χ1v) is 9.35. The zero-order valence-corrected chi connectivity index (χ0v) is 16.5. The number of halogens is 1. The van der Waals surface area contributed by atoms with Gasteiger partial charge in [-0.2, -0.15) is 0 Å². The molecule has 0 saturated carbocycles. The molecule has 0 aliphatic heterocycles. The normalized spacial score (nSPS) is 10.8. The molecule has 0 fully saturated rings. The fourth-order valence-electron chi connectivity index (χ4n) is 2.86. The number of hydrogen-bond acceptors (Lipinski definition) is 6. The van der Waals surface area contributed by atoms with Crippen LogP contribution < -0.4 is 10.9 Å². The summed E-state index contributed by atoms with van der Waals surface area (Å²) in [5, 5.41) is 12.2. The second-order valence-corrected chi connectivity index (χ2v) is 7.47. The number of amides is 1. The van der Waals surface area contributed by atoms with E-state index < -0.39 is 11.9 Å². The van der Waals surface area contributed by atoms with Crippen LogP contribution >= 0.6 is 22.9 Å². The topological polar surface area (TPSA) is 92.4 Å². The quantitative estimate of drug-likeness (QED) is 0.624. The molecule has 0 bridgehead atoms. The lowest BCUT2D eigenvalue weighted by Gasteiger charge is -2.07. The minimum absolute atomic E-state index is 0.0460. The van der Waals surface area contributed by atoms with E-state index in [9.17, 15) is 9.59 Å². The predicted octanol–water partition coefficient (Wildman–Crippen LogP) is 4.54. The van der Waals surface area contributed by atoms with Gasteiger partial charge in [-0.3, -0.25) is 10.2 Å². The number of carbonyl (C=O) groups is 2. The van der Waals surface area contributed by atoms with Gasteiger partial charge in [0.2, 0.25) is 5.55 Å². The van der Waals surface area contributed by atoms with Gasteiger partial charge in [-0.15, -0.1) is 11.3 Å². The van der Waals surface area contributed by atoms with E-state index in [-0.39, 0.29) is 11.1 Å². The first-order valence-electron chi connectivity index (χ1n) is 8.15. The molecule has 3 aromatic rings. The van der Waals surface area contributed by atoms with Crippen LogP contribution in [0, 0.1) is 12.3 Å². The Labute approximate surface area is 164 Å². The number of nitrogens with one attached hydrogen (secondary N) is 2. The van der Waals surface area contributed by atoms with E-state index in [0.717, 1.165) is 10.4 Å². The lowest BCUT2D eigenvalue weighted by Crippen LogP contribution is -2.21.